The molecule has 9 heteroatoms. The summed E-state index contributed by atoms with van der Waals surface area (Å²) in [6, 6.07) is 10.9. The molecule has 1 aliphatic heterocycles. The minimum absolute atomic E-state index is 0.121. The van der Waals surface area contributed by atoms with Gasteiger partial charge in [0.15, 0.2) is 4.80 Å². The van der Waals surface area contributed by atoms with Gasteiger partial charge in [-0.15, -0.1) is 0 Å². The van der Waals surface area contributed by atoms with Crippen LogP contribution in [0.25, 0.3) is 6.08 Å². The molecule has 1 aromatic heterocycles. The predicted molar refractivity (Wildman–Crippen MR) is 143 cm³/mol. The minimum atomic E-state index is -0.769. The Morgan fingerprint density at radius 3 is 2.62 bits per heavy atom. The van der Waals surface area contributed by atoms with E-state index in [2.05, 4.69) is 4.99 Å². The third kappa shape index (κ3) is 5.70. The van der Waals surface area contributed by atoms with E-state index in [0.717, 1.165) is 17.8 Å². The van der Waals surface area contributed by atoms with Crippen molar-refractivity contribution in [2.75, 3.05) is 13.2 Å². The van der Waals surface area contributed by atoms with E-state index in [0.29, 0.717) is 28.4 Å². The minimum Gasteiger partial charge on any atom is -0.494 e. The molecule has 0 saturated heterocycles. The summed E-state index contributed by atoms with van der Waals surface area (Å²) in [5.74, 6) is -0.230. The van der Waals surface area contributed by atoms with Gasteiger partial charge < -0.3 is 9.47 Å². The van der Waals surface area contributed by atoms with Gasteiger partial charge in [0.05, 0.1) is 40.1 Å². The molecule has 0 fully saturated rings. The molecule has 194 valence electrons. The summed E-state index contributed by atoms with van der Waals surface area (Å²) in [6.07, 6.45) is 2.30. The van der Waals surface area contributed by atoms with Crippen LogP contribution in [-0.4, -0.2) is 23.8 Å². The number of ether oxygens (including phenoxy) is 2. The van der Waals surface area contributed by atoms with Crippen molar-refractivity contribution < 1.29 is 18.7 Å². The van der Waals surface area contributed by atoms with Gasteiger partial charge in [-0.2, -0.15) is 0 Å². The topological polar surface area (TPSA) is 69.9 Å². The summed E-state index contributed by atoms with van der Waals surface area (Å²) < 4.78 is 27.5. The van der Waals surface area contributed by atoms with Crippen LogP contribution in [0.1, 0.15) is 51.3 Å². The third-order valence-corrected chi connectivity index (χ3v) is 7.05. The van der Waals surface area contributed by atoms with E-state index in [4.69, 9.17) is 21.1 Å². The monoisotopic (exact) mass is 542 g/mol. The second kappa shape index (κ2) is 11.4. The zero-order chi connectivity index (χ0) is 26.7. The molecule has 3 aromatic rings. The SMILES string of the molecule is CCCOc1ccc(C2C(C(=O)OCC(C)C)=C(C)N=c3s/c(=C\c4c(F)cccc4Cl)c(=O)n32)cc1. The van der Waals surface area contributed by atoms with Crippen LogP contribution in [0.3, 0.4) is 0 Å². The van der Waals surface area contributed by atoms with Gasteiger partial charge in [0, 0.05) is 5.56 Å². The maximum Gasteiger partial charge on any atom is 0.338 e. The molecule has 0 aliphatic carbocycles. The third-order valence-electron chi connectivity index (χ3n) is 5.73. The highest BCUT2D eigenvalue weighted by Gasteiger charge is 2.33. The van der Waals surface area contributed by atoms with Crippen LogP contribution in [0.5, 0.6) is 5.75 Å². The Labute approximate surface area is 223 Å². The Hall–Kier alpha value is -3.23. The predicted octanol–water partition coefficient (Wildman–Crippen LogP) is 5.02. The van der Waals surface area contributed by atoms with Gasteiger partial charge >= 0.3 is 5.97 Å². The van der Waals surface area contributed by atoms with Crippen molar-refractivity contribution in [3.8, 4) is 5.75 Å². The first-order valence-electron chi connectivity index (χ1n) is 12.1. The lowest BCUT2D eigenvalue weighted by molar-refractivity contribution is -0.140. The second-order valence-electron chi connectivity index (χ2n) is 9.13. The van der Waals surface area contributed by atoms with Crippen molar-refractivity contribution in [3.05, 3.63) is 95.4 Å². The molecule has 0 amide bonds. The average molecular weight is 543 g/mol. The van der Waals surface area contributed by atoms with E-state index in [1.165, 1.54) is 22.8 Å². The quantitative estimate of drug-likeness (QED) is 0.375. The van der Waals surface area contributed by atoms with Crippen LogP contribution >= 0.6 is 22.9 Å². The summed E-state index contributed by atoms with van der Waals surface area (Å²) in [5, 5.41) is 0.194. The van der Waals surface area contributed by atoms with Crippen LogP contribution in [0.15, 0.2) is 63.5 Å². The maximum atomic E-state index is 14.5. The summed E-state index contributed by atoms with van der Waals surface area (Å²) in [7, 11) is 0. The fraction of sp³-hybridized carbons (Fsp3) is 0.321. The van der Waals surface area contributed by atoms with E-state index in [-0.39, 0.29) is 33.2 Å². The number of hydrogen-bond donors (Lipinski definition) is 0. The molecule has 1 atom stereocenters. The van der Waals surface area contributed by atoms with Crippen LogP contribution in [0.4, 0.5) is 4.39 Å². The Morgan fingerprint density at radius 2 is 1.97 bits per heavy atom. The molecule has 1 unspecified atom stereocenters. The Morgan fingerprint density at radius 1 is 1.24 bits per heavy atom. The summed E-state index contributed by atoms with van der Waals surface area (Å²) in [4.78, 5) is 31.9. The van der Waals surface area contributed by atoms with Crippen LogP contribution in [-0.2, 0) is 9.53 Å². The number of benzene rings is 2. The van der Waals surface area contributed by atoms with Crippen molar-refractivity contribution in [1.29, 1.82) is 0 Å². The summed E-state index contributed by atoms with van der Waals surface area (Å²) in [6.45, 7) is 8.47. The Balaban J connectivity index is 1.88. The first kappa shape index (κ1) is 26.8. The molecule has 1 aliphatic rings. The lowest BCUT2D eigenvalue weighted by Gasteiger charge is -2.25. The molecule has 4 rings (SSSR count). The zero-order valence-corrected chi connectivity index (χ0v) is 22.7. The molecule has 37 heavy (non-hydrogen) atoms. The summed E-state index contributed by atoms with van der Waals surface area (Å²) >= 11 is 7.32. The normalized spacial score (nSPS) is 15.5. The average Bonchev–Trinajstić information content (AvgIpc) is 3.17. The molecule has 0 saturated carbocycles. The smallest absolute Gasteiger partial charge is 0.338 e. The van der Waals surface area contributed by atoms with E-state index in [9.17, 15) is 14.0 Å². The fourth-order valence-corrected chi connectivity index (χ4v) is 5.21. The molecule has 2 heterocycles. The number of aromatic nitrogens is 1. The van der Waals surface area contributed by atoms with Crippen LogP contribution < -0.4 is 19.6 Å². The molecule has 0 bridgehead atoms. The molecule has 0 spiro atoms. The van der Waals surface area contributed by atoms with Crippen molar-refractivity contribution in [2.24, 2.45) is 10.9 Å². The number of rotatable bonds is 8. The first-order chi connectivity index (χ1) is 17.7. The molecule has 2 aromatic carbocycles. The first-order valence-corrected chi connectivity index (χ1v) is 13.3. The Kier molecular flexibility index (Phi) is 8.29. The highest BCUT2D eigenvalue weighted by Crippen LogP contribution is 2.32. The number of nitrogens with zero attached hydrogens (tertiary/aromatic N) is 2. The maximum absolute atomic E-state index is 14.5. The standard InChI is InChI=1S/C28H28ClFN2O4S/c1-5-13-35-19-11-9-18(10-12-19)25-24(27(34)36-15-16(2)3)17(4)31-28-32(25)26(33)23(37-28)14-20-21(29)7-6-8-22(20)30/h6-12,14,16,25H,5,13,15H2,1-4H3/b23-14-. The highest BCUT2D eigenvalue weighted by molar-refractivity contribution is 7.07. The summed E-state index contributed by atoms with van der Waals surface area (Å²) in [5.41, 5.74) is 1.16. The van der Waals surface area contributed by atoms with Crippen molar-refractivity contribution >= 4 is 35.0 Å². The van der Waals surface area contributed by atoms with Crippen LogP contribution in [0.2, 0.25) is 5.02 Å². The number of hydrogen-bond acceptors (Lipinski definition) is 6. The van der Waals surface area contributed by atoms with Crippen LogP contribution in [0, 0.1) is 11.7 Å². The van der Waals surface area contributed by atoms with E-state index in [1.54, 1.807) is 13.0 Å². The van der Waals surface area contributed by atoms with Gasteiger partial charge in [-0.25, -0.2) is 14.2 Å². The zero-order valence-electron chi connectivity index (χ0n) is 21.1. The van der Waals surface area contributed by atoms with Gasteiger partial charge in [0.1, 0.15) is 11.6 Å². The number of allylic oxidation sites excluding steroid dienone is 1. The van der Waals surface area contributed by atoms with Gasteiger partial charge in [-0.3, -0.25) is 9.36 Å². The van der Waals surface area contributed by atoms with E-state index < -0.39 is 23.4 Å². The Bertz CT molecular complexity index is 1500. The number of esters is 1. The number of halogens is 2. The largest absolute Gasteiger partial charge is 0.494 e. The highest BCUT2D eigenvalue weighted by atomic mass is 35.5. The number of carbonyl (C=O) groups excluding carboxylic acids is 1. The number of fused-ring (bicyclic) bond motifs is 1. The molecular weight excluding hydrogens is 515 g/mol. The van der Waals surface area contributed by atoms with Crippen molar-refractivity contribution in [3.63, 3.8) is 0 Å². The fourth-order valence-electron chi connectivity index (χ4n) is 3.96. The van der Waals surface area contributed by atoms with Crippen molar-refractivity contribution in [1.82, 2.24) is 4.57 Å². The second-order valence-corrected chi connectivity index (χ2v) is 10.5. The molecule has 6 nitrogen and oxygen atoms in total. The lowest BCUT2D eigenvalue weighted by atomic mass is 9.96. The van der Waals surface area contributed by atoms with Gasteiger partial charge in [-0.1, -0.05) is 61.9 Å². The molecule has 0 N–H and O–H groups in total. The van der Waals surface area contributed by atoms with E-state index in [1.807, 2.05) is 45.0 Å². The number of carbonyl (C=O) groups is 1. The van der Waals surface area contributed by atoms with Gasteiger partial charge in [0.25, 0.3) is 5.56 Å². The molecule has 0 radical (unpaired) electrons. The number of thiazole rings is 1. The lowest BCUT2D eigenvalue weighted by Crippen LogP contribution is -2.40. The van der Waals surface area contributed by atoms with Crippen molar-refractivity contribution in [2.45, 2.75) is 40.2 Å². The van der Waals surface area contributed by atoms with Gasteiger partial charge in [0.2, 0.25) is 0 Å². The van der Waals surface area contributed by atoms with E-state index >= 15 is 0 Å². The van der Waals surface area contributed by atoms with Gasteiger partial charge in [-0.05, 0) is 55.2 Å². The molecular formula is C28H28ClFN2O4S.